The molecule has 0 saturated heterocycles. The molecule has 0 aliphatic carbocycles. The van der Waals surface area contributed by atoms with Gasteiger partial charge in [-0.15, -0.1) is 11.3 Å². The monoisotopic (exact) mass is 244 g/mol. The Morgan fingerprint density at radius 2 is 1.69 bits per heavy atom. The van der Waals surface area contributed by atoms with Crippen LogP contribution in [0.4, 0.5) is 0 Å². The van der Waals surface area contributed by atoms with Crippen molar-refractivity contribution in [1.29, 1.82) is 0 Å². The molecule has 0 aliphatic heterocycles. The molecule has 0 nitrogen and oxygen atoms in total. The molecule has 0 fully saturated rings. The highest BCUT2D eigenvalue weighted by Crippen LogP contribution is 2.34. The summed E-state index contributed by atoms with van der Waals surface area (Å²) >= 11 is 7.78. The van der Waals surface area contributed by atoms with Crippen molar-refractivity contribution in [2.75, 3.05) is 0 Å². The quantitative estimate of drug-likeness (QED) is 0.550. The molecule has 3 rings (SSSR count). The van der Waals surface area contributed by atoms with Crippen LogP contribution in [0.25, 0.3) is 20.5 Å². The van der Waals surface area contributed by atoms with Crippen LogP contribution in [0.15, 0.2) is 54.6 Å². The normalized spacial score (nSPS) is 10.8. The minimum Gasteiger partial charge on any atom is -0.135 e. The number of thiophene rings is 1. The molecule has 0 atom stereocenters. The molecule has 0 N–H and O–H groups in total. The van der Waals surface area contributed by atoms with E-state index < -0.39 is 0 Å². The highest BCUT2D eigenvalue weighted by molar-refractivity contribution is 7.22. The van der Waals surface area contributed by atoms with E-state index in [9.17, 15) is 0 Å². The van der Waals surface area contributed by atoms with Gasteiger partial charge in [-0.1, -0.05) is 41.9 Å². The Bertz CT molecular complexity index is 626. The average molecular weight is 245 g/mol. The van der Waals surface area contributed by atoms with Gasteiger partial charge in [0.25, 0.3) is 0 Å². The Balaban J connectivity index is 2.19. The van der Waals surface area contributed by atoms with Crippen molar-refractivity contribution < 1.29 is 0 Å². The zero-order valence-electron chi connectivity index (χ0n) is 8.48. The fraction of sp³-hybridized carbons (Fsp3) is 0. The predicted octanol–water partition coefficient (Wildman–Crippen LogP) is 5.22. The van der Waals surface area contributed by atoms with Crippen LogP contribution in [-0.4, -0.2) is 0 Å². The van der Waals surface area contributed by atoms with Crippen LogP contribution < -0.4 is 0 Å². The summed E-state index contributed by atoms with van der Waals surface area (Å²) in [6, 6.07) is 18.6. The number of hydrogen-bond acceptors (Lipinski definition) is 1. The number of fused-ring (bicyclic) bond motifs is 1. The Hall–Kier alpha value is -1.31. The molecule has 16 heavy (non-hydrogen) atoms. The van der Waals surface area contributed by atoms with Gasteiger partial charge in [-0.25, -0.2) is 0 Å². The Morgan fingerprint density at radius 3 is 2.50 bits per heavy atom. The van der Waals surface area contributed by atoms with E-state index in [1.165, 1.54) is 20.5 Å². The molecule has 0 amide bonds. The summed E-state index contributed by atoms with van der Waals surface area (Å²) in [7, 11) is 0. The van der Waals surface area contributed by atoms with Gasteiger partial charge < -0.3 is 0 Å². The van der Waals surface area contributed by atoms with Gasteiger partial charge in [-0.05, 0) is 35.2 Å². The van der Waals surface area contributed by atoms with E-state index in [0.29, 0.717) is 0 Å². The number of halogens is 1. The van der Waals surface area contributed by atoms with Crippen LogP contribution in [0.2, 0.25) is 5.02 Å². The molecule has 0 bridgehead atoms. The first-order valence-electron chi connectivity index (χ1n) is 5.07. The van der Waals surface area contributed by atoms with E-state index in [1.807, 2.05) is 18.2 Å². The minimum atomic E-state index is 0.796. The van der Waals surface area contributed by atoms with Crippen molar-refractivity contribution in [2.45, 2.75) is 0 Å². The van der Waals surface area contributed by atoms with Crippen LogP contribution in [0, 0.1) is 0 Å². The topological polar surface area (TPSA) is 0 Å². The maximum atomic E-state index is 5.98. The maximum Gasteiger partial charge on any atom is 0.0412 e. The average Bonchev–Trinajstić information content (AvgIpc) is 2.73. The van der Waals surface area contributed by atoms with Crippen LogP contribution in [0.5, 0.6) is 0 Å². The molecule has 1 aromatic heterocycles. The van der Waals surface area contributed by atoms with Gasteiger partial charge in [0.05, 0.1) is 0 Å². The van der Waals surface area contributed by atoms with Crippen LogP contribution in [0.1, 0.15) is 0 Å². The lowest BCUT2D eigenvalue weighted by atomic mass is 10.1. The van der Waals surface area contributed by atoms with E-state index in [0.717, 1.165) is 5.02 Å². The second-order valence-electron chi connectivity index (χ2n) is 3.66. The maximum absolute atomic E-state index is 5.98. The molecule has 0 saturated carbocycles. The van der Waals surface area contributed by atoms with E-state index in [-0.39, 0.29) is 0 Å². The third-order valence-corrected chi connectivity index (χ3v) is 3.94. The summed E-state index contributed by atoms with van der Waals surface area (Å²) in [4.78, 5) is 1.29. The van der Waals surface area contributed by atoms with E-state index in [4.69, 9.17) is 11.6 Å². The lowest BCUT2D eigenvalue weighted by Gasteiger charge is -1.93. The Kier molecular flexibility index (Phi) is 2.43. The zero-order valence-corrected chi connectivity index (χ0v) is 10.1. The van der Waals surface area contributed by atoms with Gasteiger partial charge in [-0.2, -0.15) is 0 Å². The fourth-order valence-corrected chi connectivity index (χ4v) is 2.99. The van der Waals surface area contributed by atoms with Gasteiger partial charge in [0.2, 0.25) is 0 Å². The van der Waals surface area contributed by atoms with E-state index in [1.54, 1.807) is 11.3 Å². The van der Waals surface area contributed by atoms with Gasteiger partial charge >= 0.3 is 0 Å². The second kappa shape index (κ2) is 3.93. The lowest BCUT2D eigenvalue weighted by molar-refractivity contribution is 1.70. The standard InChI is InChI=1S/C14H9ClS/c15-12-6-7-13-11(8-12)9-14(16-13)10-4-2-1-3-5-10/h1-9H. The Labute approximate surface area is 103 Å². The molecule has 78 valence electrons. The Morgan fingerprint density at radius 1 is 0.875 bits per heavy atom. The number of benzene rings is 2. The van der Waals surface area contributed by atoms with E-state index >= 15 is 0 Å². The summed E-state index contributed by atoms with van der Waals surface area (Å²) in [5.74, 6) is 0. The minimum absolute atomic E-state index is 0.796. The molecular formula is C14H9ClS. The summed E-state index contributed by atoms with van der Waals surface area (Å²) in [6.45, 7) is 0. The molecule has 0 spiro atoms. The molecule has 0 unspecified atom stereocenters. The van der Waals surface area contributed by atoms with Crippen molar-refractivity contribution in [1.82, 2.24) is 0 Å². The first-order valence-corrected chi connectivity index (χ1v) is 6.27. The predicted molar refractivity (Wildman–Crippen MR) is 72.3 cm³/mol. The molecular weight excluding hydrogens is 236 g/mol. The van der Waals surface area contributed by atoms with Crippen molar-refractivity contribution in [3.8, 4) is 10.4 Å². The van der Waals surface area contributed by atoms with Crippen LogP contribution in [0.3, 0.4) is 0 Å². The van der Waals surface area contributed by atoms with Crippen molar-refractivity contribution in [3.05, 3.63) is 59.6 Å². The van der Waals surface area contributed by atoms with Gasteiger partial charge in [0.15, 0.2) is 0 Å². The third kappa shape index (κ3) is 1.73. The third-order valence-electron chi connectivity index (χ3n) is 2.54. The molecule has 3 aromatic rings. The van der Waals surface area contributed by atoms with Crippen molar-refractivity contribution in [3.63, 3.8) is 0 Å². The molecule has 2 heteroatoms. The zero-order chi connectivity index (χ0) is 11.0. The van der Waals surface area contributed by atoms with Gasteiger partial charge in [0, 0.05) is 14.6 Å². The summed E-state index contributed by atoms with van der Waals surface area (Å²) in [5, 5.41) is 2.02. The number of rotatable bonds is 1. The van der Waals surface area contributed by atoms with Crippen LogP contribution >= 0.6 is 22.9 Å². The smallest absolute Gasteiger partial charge is 0.0412 e. The highest BCUT2D eigenvalue weighted by atomic mass is 35.5. The second-order valence-corrected chi connectivity index (χ2v) is 5.18. The van der Waals surface area contributed by atoms with Crippen molar-refractivity contribution >= 4 is 33.0 Å². The lowest BCUT2D eigenvalue weighted by Crippen LogP contribution is -1.67. The SMILES string of the molecule is Clc1ccc2sc(-c3ccccc3)cc2c1. The first-order chi connectivity index (χ1) is 7.83. The largest absolute Gasteiger partial charge is 0.135 e. The van der Waals surface area contributed by atoms with Crippen molar-refractivity contribution in [2.24, 2.45) is 0 Å². The summed E-state index contributed by atoms with van der Waals surface area (Å²) in [6.07, 6.45) is 0. The number of hydrogen-bond donors (Lipinski definition) is 0. The molecule has 0 radical (unpaired) electrons. The summed E-state index contributed by atoms with van der Waals surface area (Å²) in [5.41, 5.74) is 1.26. The fourth-order valence-electron chi connectivity index (χ4n) is 1.76. The van der Waals surface area contributed by atoms with Gasteiger partial charge in [-0.3, -0.25) is 0 Å². The molecule has 0 aliphatic rings. The summed E-state index contributed by atoms with van der Waals surface area (Å²) < 4.78 is 1.28. The first kappa shape index (κ1) is 9.88. The van der Waals surface area contributed by atoms with Crippen LogP contribution in [-0.2, 0) is 0 Å². The molecule has 2 aromatic carbocycles. The van der Waals surface area contributed by atoms with E-state index in [2.05, 4.69) is 36.4 Å². The highest BCUT2D eigenvalue weighted by Gasteiger charge is 2.03. The molecule has 1 heterocycles. The van der Waals surface area contributed by atoms with Gasteiger partial charge in [0.1, 0.15) is 0 Å².